The highest BCUT2D eigenvalue weighted by atomic mass is 16.5. The summed E-state index contributed by atoms with van der Waals surface area (Å²) in [4.78, 5) is 10.1. The van der Waals surface area contributed by atoms with Crippen molar-refractivity contribution in [1.29, 1.82) is 0 Å². The molecule has 0 aliphatic heterocycles. The van der Waals surface area contributed by atoms with Gasteiger partial charge in [0.25, 0.3) is 6.47 Å². The zero-order chi connectivity index (χ0) is 19.2. The van der Waals surface area contributed by atoms with Crippen molar-refractivity contribution in [2.24, 2.45) is 0 Å². The van der Waals surface area contributed by atoms with E-state index in [0.717, 1.165) is 25.9 Å². The molecule has 1 aliphatic rings. The maximum atomic E-state index is 10.1. The molecule has 0 atom stereocenters. The van der Waals surface area contributed by atoms with Gasteiger partial charge in [-0.1, -0.05) is 52.4 Å². The van der Waals surface area contributed by atoms with E-state index in [1.54, 1.807) is 7.11 Å². The van der Waals surface area contributed by atoms with Crippen molar-refractivity contribution in [2.45, 2.75) is 103 Å². The first kappa shape index (κ1) is 26.6. The zero-order valence-corrected chi connectivity index (χ0v) is 17.7. The molecule has 4 nitrogen and oxygen atoms in total. The SMILES string of the molecule is CCC1(OC=O)CCCC1.CCCCCCCCCNC.CCOC. The third-order valence-corrected chi connectivity index (χ3v) is 4.78. The van der Waals surface area contributed by atoms with E-state index in [4.69, 9.17) is 4.74 Å². The number of hydrogen-bond acceptors (Lipinski definition) is 4. The molecule has 25 heavy (non-hydrogen) atoms. The molecule has 1 saturated carbocycles. The number of rotatable bonds is 12. The molecule has 0 amide bonds. The van der Waals surface area contributed by atoms with E-state index in [2.05, 4.69) is 23.9 Å². The molecule has 0 saturated heterocycles. The second-order valence-corrected chi connectivity index (χ2v) is 6.76. The van der Waals surface area contributed by atoms with Gasteiger partial charge in [0, 0.05) is 13.7 Å². The summed E-state index contributed by atoms with van der Waals surface area (Å²) >= 11 is 0. The van der Waals surface area contributed by atoms with Crippen LogP contribution in [0.3, 0.4) is 0 Å². The summed E-state index contributed by atoms with van der Waals surface area (Å²) in [6.07, 6.45) is 15.4. The van der Waals surface area contributed by atoms with Gasteiger partial charge in [0.1, 0.15) is 5.60 Å². The second kappa shape index (κ2) is 21.4. The number of carbonyl (C=O) groups is 1. The van der Waals surface area contributed by atoms with Gasteiger partial charge in [0.05, 0.1) is 0 Å². The highest BCUT2D eigenvalue weighted by molar-refractivity contribution is 5.38. The van der Waals surface area contributed by atoms with Crippen molar-refractivity contribution < 1.29 is 14.3 Å². The van der Waals surface area contributed by atoms with Gasteiger partial charge in [-0.05, 0) is 59.0 Å². The van der Waals surface area contributed by atoms with Crippen molar-refractivity contribution in [3.8, 4) is 0 Å². The Kier molecular flexibility index (Phi) is 22.8. The minimum atomic E-state index is -0.0816. The van der Waals surface area contributed by atoms with Crippen LogP contribution in [0.1, 0.15) is 97.8 Å². The van der Waals surface area contributed by atoms with Crippen molar-refractivity contribution in [1.82, 2.24) is 5.32 Å². The number of nitrogens with one attached hydrogen (secondary N) is 1. The Balaban J connectivity index is 0. The van der Waals surface area contributed by atoms with E-state index < -0.39 is 0 Å². The topological polar surface area (TPSA) is 47.6 Å². The Morgan fingerprint density at radius 2 is 1.48 bits per heavy atom. The van der Waals surface area contributed by atoms with Crippen LogP contribution in [0.25, 0.3) is 0 Å². The number of hydrogen-bond donors (Lipinski definition) is 1. The van der Waals surface area contributed by atoms with Gasteiger partial charge < -0.3 is 14.8 Å². The molecule has 0 spiro atoms. The highest BCUT2D eigenvalue weighted by Crippen LogP contribution is 2.35. The van der Waals surface area contributed by atoms with Gasteiger partial charge in [0.2, 0.25) is 0 Å². The minimum absolute atomic E-state index is 0.0816. The van der Waals surface area contributed by atoms with Crippen molar-refractivity contribution in [2.75, 3.05) is 27.3 Å². The van der Waals surface area contributed by atoms with Crippen LogP contribution in [0, 0.1) is 0 Å². The molecule has 0 aromatic heterocycles. The Morgan fingerprint density at radius 3 is 1.88 bits per heavy atom. The molecule has 0 aromatic rings. The van der Waals surface area contributed by atoms with Crippen molar-refractivity contribution in [3.05, 3.63) is 0 Å². The van der Waals surface area contributed by atoms with Gasteiger partial charge in [0.15, 0.2) is 0 Å². The fourth-order valence-corrected chi connectivity index (χ4v) is 2.94. The normalized spacial score (nSPS) is 14.8. The van der Waals surface area contributed by atoms with Crippen molar-refractivity contribution >= 4 is 6.47 Å². The second-order valence-electron chi connectivity index (χ2n) is 6.76. The first-order valence-corrected chi connectivity index (χ1v) is 10.4. The summed E-state index contributed by atoms with van der Waals surface area (Å²) in [5, 5.41) is 3.17. The lowest BCUT2D eigenvalue weighted by Crippen LogP contribution is -2.26. The summed E-state index contributed by atoms with van der Waals surface area (Å²) < 4.78 is 9.60. The van der Waals surface area contributed by atoms with Crippen LogP contribution in [-0.2, 0) is 14.3 Å². The molecule has 0 heterocycles. The molecule has 1 fully saturated rings. The monoisotopic (exact) mass is 359 g/mol. The largest absolute Gasteiger partial charge is 0.461 e. The van der Waals surface area contributed by atoms with E-state index in [0.29, 0.717) is 6.47 Å². The number of methoxy groups -OCH3 is 1. The summed E-state index contributed by atoms with van der Waals surface area (Å²) in [6, 6.07) is 0. The maximum absolute atomic E-state index is 10.1. The maximum Gasteiger partial charge on any atom is 0.293 e. The highest BCUT2D eigenvalue weighted by Gasteiger charge is 2.33. The van der Waals surface area contributed by atoms with Crippen LogP contribution < -0.4 is 5.32 Å². The molecule has 4 heteroatoms. The molecular weight excluding hydrogens is 314 g/mol. The number of carbonyl (C=O) groups excluding carboxylic acids is 1. The third kappa shape index (κ3) is 18.0. The number of unbranched alkanes of at least 4 members (excludes halogenated alkanes) is 6. The first-order valence-electron chi connectivity index (χ1n) is 10.4. The van der Waals surface area contributed by atoms with Gasteiger partial charge in [-0.3, -0.25) is 4.79 Å². The molecule has 0 radical (unpaired) electrons. The van der Waals surface area contributed by atoms with Gasteiger partial charge in [-0.25, -0.2) is 0 Å². The summed E-state index contributed by atoms with van der Waals surface area (Å²) in [7, 11) is 3.71. The van der Waals surface area contributed by atoms with E-state index >= 15 is 0 Å². The smallest absolute Gasteiger partial charge is 0.293 e. The predicted molar refractivity (Wildman–Crippen MR) is 108 cm³/mol. The zero-order valence-electron chi connectivity index (χ0n) is 17.7. The summed E-state index contributed by atoms with van der Waals surface area (Å²) in [5.41, 5.74) is -0.0816. The number of ether oxygens (including phenoxy) is 2. The van der Waals surface area contributed by atoms with Gasteiger partial charge >= 0.3 is 0 Å². The van der Waals surface area contributed by atoms with E-state index in [-0.39, 0.29) is 5.60 Å². The van der Waals surface area contributed by atoms with E-state index in [1.807, 2.05) is 14.0 Å². The lowest BCUT2D eigenvalue weighted by Gasteiger charge is -2.24. The van der Waals surface area contributed by atoms with Crippen LogP contribution in [0.15, 0.2) is 0 Å². The molecule has 1 rings (SSSR count). The minimum Gasteiger partial charge on any atom is -0.461 e. The summed E-state index contributed by atoms with van der Waals surface area (Å²) in [5.74, 6) is 0. The molecule has 0 unspecified atom stereocenters. The molecule has 152 valence electrons. The first-order chi connectivity index (χ1) is 12.2. The lowest BCUT2D eigenvalue weighted by atomic mass is 9.99. The molecule has 1 aliphatic carbocycles. The average Bonchev–Trinajstić information content (AvgIpc) is 3.11. The van der Waals surface area contributed by atoms with Crippen LogP contribution in [0.4, 0.5) is 0 Å². The molecular formula is C21H45NO3. The van der Waals surface area contributed by atoms with Crippen molar-refractivity contribution in [3.63, 3.8) is 0 Å². The predicted octanol–water partition coefficient (Wildman–Crippen LogP) is 5.49. The standard InChI is InChI=1S/C10H23N.C8H14O2.C3H8O/c1-3-4-5-6-7-8-9-10-11-2;1-2-8(10-7-9)5-3-4-6-8;1-3-4-2/h11H,3-10H2,1-2H3;7H,2-6H2,1H3;3H2,1-2H3. The van der Waals surface area contributed by atoms with Crippen LogP contribution in [0.2, 0.25) is 0 Å². The Labute approximate surface area is 157 Å². The fourth-order valence-electron chi connectivity index (χ4n) is 2.94. The fraction of sp³-hybridized carbons (Fsp3) is 0.952. The Morgan fingerprint density at radius 1 is 0.960 bits per heavy atom. The van der Waals surface area contributed by atoms with Gasteiger partial charge in [-0.2, -0.15) is 0 Å². The summed E-state index contributed by atoms with van der Waals surface area (Å²) in [6.45, 7) is 8.90. The lowest BCUT2D eigenvalue weighted by molar-refractivity contribution is -0.143. The Hall–Kier alpha value is -0.610. The molecule has 0 aromatic carbocycles. The quantitative estimate of drug-likeness (QED) is 0.370. The van der Waals surface area contributed by atoms with E-state index in [1.165, 1.54) is 64.3 Å². The molecule has 0 bridgehead atoms. The van der Waals surface area contributed by atoms with Crippen LogP contribution >= 0.6 is 0 Å². The average molecular weight is 360 g/mol. The van der Waals surface area contributed by atoms with Crippen LogP contribution in [0.5, 0.6) is 0 Å². The Bertz CT molecular complexity index is 244. The molecule has 1 N–H and O–H groups in total. The van der Waals surface area contributed by atoms with E-state index in [9.17, 15) is 4.79 Å². The van der Waals surface area contributed by atoms with Gasteiger partial charge in [-0.15, -0.1) is 0 Å². The third-order valence-electron chi connectivity index (χ3n) is 4.78. The van der Waals surface area contributed by atoms with Crippen LogP contribution in [-0.4, -0.2) is 39.4 Å².